The molecule has 1 aromatic rings. The van der Waals surface area contributed by atoms with Crippen molar-refractivity contribution in [2.45, 2.75) is 83.2 Å². The number of ketones is 2. The molecule has 0 radical (unpaired) electrons. The molecule has 5 aliphatic rings. The summed E-state index contributed by atoms with van der Waals surface area (Å²) in [7, 11) is 1.41. The van der Waals surface area contributed by atoms with Gasteiger partial charge in [-0.3, -0.25) is 9.59 Å². The molecule has 224 valence electrons. The number of methoxy groups -OCH3 is 1. The number of hydrogen-bond donors (Lipinski definition) is 0. The van der Waals surface area contributed by atoms with Crippen molar-refractivity contribution in [1.82, 2.24) is 0 Å². The number of benzene rings is 1. The van der Waals surface area contributed by atoms with Crippen LogP contribution in [0.3, 0.4) is 0 Å². The lowest BCUT2D eigenvalue weighted by atomic mass is 9.48. The highest BCUT2D eigenvalue weighted by atomic mass is 19.4. The van der Waals surface area contributed by atoms with Gasteiger partial charge in [-0.05, 0) is 110 Å². The third-order valence-corrected chi connectivity index (χ3v) is 11.1. The molecule has 1 unspecified atom stereocenters. The van der Waals surface area contributed by atoms with E-state index in [0.29, 0.717) is 32.1 Å². The number of nitrogens with zero attached hydrogens (tertiary/aromatic N) is 1. The number of rotatable bonds is 5. The van der Waals surface area contributed by atoms with Crippen LogP contribution in [0.15, 0.2) is 47.1 Å². The molecule has 1 saturated heterocycles. The van der Waals surface area contributed by atoms with Crippen LogP contribution in [0.25, 0.3) is 0 Å². The van der Waals surface area contributed by atoms with E-state index in [1.54, 1.807) is 0 Å². The number of halogens is 3. The van der Waals surface area contributed by atoms with Crippen LogP contribution >= 0.6 is 0 Å². The van der Waals surface area contributed by atoms with Crippen molar-refractivity contribution >= 4 is 17.3 Å². The molecule has 4 nitrogen and oxygen atoms in total. The second-order valence-electron chi connectivity index (χ2n) is 13.2. The summed E-state index contributed by atoms with van der Waals surface area (Å²) in [5.74, 6) is 4.03. The van der Waals surface area contributed by atoms with E-state index in [0.717, 1.165) is 37.1 Å². The zero-order chi connectivity index (χ0) is 29.7. The minimum absolute atomic E-state index is 0.0337. The smallest absolute Gasteiger partial charge is 0.377 e. The molecule has 7 heteroatoms. The monoisotopic (exact) mass is 579 g/mol. The first-order valence-electron chi connectivity index (χ1n) is 15.5. The van der Waals surface area contributed by atoms with E-state index in [1.807, 2.05) is 13.0 Å². The number of carbonyl (C=O) groups is 2. The zero-order valence-electron chi connectivity index (χ0n) is 24.6. The fourth-order valence-corrected chi connectivity index (χ4v) is 9.22. The van der Waals surface area contributed by atoms with Gasteiger partial charge in [-0.2, -0.15) is 13.2 Å². The van der Waals surface area contributed by atoms with Gasteiger partial charge in [0.25, 0.3) is 0 Å². The topological polar surface area (TPSA) is 46.6 Å². The standard InChI is InChI=1S/C35H40F3NO3/c1-33-21-29(23-6-9-25(10-7-23)39-18-4-3-5-19-39)32-27-13-11-26(40)20-24(27)8-12-28(32)30(33)14-15-34(33,31(41)22-42-2)16-17-35(36,37)38/h6-7,9-10,20,28-30H,3-5,8,11-15,18-19,21-22H2,1-2H3/t28-,29?,30-,33-,34-/m0/s1. The molecular weight excluding hydrogens is 539 g/mol. The molecular formula is C35H40F3NO3. The van der Waals surface area contributed by atoms with E-state index in [1.165, 1.54) is 49.1 Å². The molecule has 0 bridgehead atoms. The van der Waals surface area contributed by atoms with Crippen molar-refractivity contribution < 1.29 is 27.5 Å². The fraction of sp³-hybridized carbons (Fsp3) is 0.600. The minimum atomic E-state index is -4.68. The maximum Gasteiger partial charge on any atom is 0.457 e. The average molecular weight is 580 g/mol. The third-order valence-electron chi connectivity index (χ3n) is 11.1. The maximum atomic E-state index is 13.8. The summed E-state index contributed by atoms with van der Waals surface area (Å²) in [6.45, 7) is 3.86. The molecule has 0 amide bonds. The lowest BCUT2D eigenvalue weighted by molar-refractivity contribution is -0.136. The number of piperidine rings is 1. The van der Waals surface area contributed by atoms with E-state index >= 15 is 0 Å². The number of allylic oxidation sites excluding steroid dienone is 4. The normalized spacial score (nSPS) is 32.8. The van der Waals surface area contributed by atoms with Crippen LogP contribution in [0.2, 0.25) is 0 Å². The highest BCUT2D eigenvalue weighted by molar-refractivity contribution is 5.93. The van der Waals surface area contributed by atoms with Gasteiger partial charge in [0.1, 0.15) is 6.61 Å². The van der Waals surface area contributed by atoms with Gasteiger partial charge in [-0.25, -0.2) is 0 Å². The lowest BCUT2D eigenvalue weighted by Gasteiger charge is -2.54. The molecule has 42 heavy (non-hydrogen) atoms. The SMILES string of the molecule is COCC(=O)[C@@]1(C#CC(F)(F)F)CC[C@H]2[C@@H]3CCC4=CC(=O)CCC4=C3C(c3ccc(N4CCCCC4)cc3)C[C@@]21C. The van der Waals surface area contributed by atoms with Crippen LogP contribution < -0.4 is 4.90 Å². The first-order chi connectivity index (χ1) is 20.1. The van der Waals surface area contributed by atoms with Gasteiger partial charge >= 0.3 is 6.18 Å². The Morgan fingerprint density at radius 2 is 1.81 bits per heavy atom. The van der Waals surface area contributed by atoms with Gasteiger partial charge in [0.2, 0.25) is 0 Å². The van der Waals surface area contributed by atoms with Crippen molar-refractivity contribution in [1.29, 1.82) is 0 Å². The summed E-state index contributed by atoms with van der Waals surface area (Å²) in [5.41, 5.74) is 3.91. The van der Waals surface area contributed by atoms with Gasteiger partial charge in [0.05, 0.1) is 5.41 Å². The van der Waals surface area contributed by atoms with E-state index in [4.69, 9.17) is 4.74 Å². The minimum Gasteiger partial charge on any atom is -0.377 e. The number of carbonyl (C=O) groups excluding carboxylic acids is 2. The Morgan fingerprint density at radius 1 is 1.07 bits per heavy atom. The van der Waals surface area contributed by atoms with Crippen LogP contribution in [0.4, 0.5) is 18.9 Å². The van der Waals surface area contributed by atoms with Crippen molar-refractivity contribution in [3.8, 4) is 11.8 Å². The van der Waals surface area contributed by atoms with Crippen molar-refractivity contribution in [3.63, 3.8) is 0 Å². The molecule has 6 rings (SSSR count). The van der Waals surface area contributed by atoms with E-state index < -0.39 is 17.0 Å². The Morgan fingerprint density at radius 3 is 2.50 bits per heavy atom. The Bertz CT molecular complexity index is 1370. The molecule has 4 aliphatic carbocycles. The Balaban J connectivity index is 1.48. The van der Waals surface area contributed by atoms with Crippen molar-refractivity contribution in [3.05, 3.63) is 52.6 Å². The highest BCUT2D eigenvalue weighted by Crippen LogP contribution is 2.69. The van der Waals surface area contributed by atoms with Crippen LogP contribution in [0.1, 0.15) is 82.6 Å². The summed E-state index contributed by atoms with van der Waals surface area (Å²) in [5, 5.41) is 0. The highest BCUT2D eigenvalue weighted by Gasteiger charge is 2.65. The summed E-state index contributed by atoms with van der Waals surface area (Å²) in [6, 6.07) is 8.73. The van der Waals surface area contributed by atoms with Gasteiger partial charge in [0.15, 0.2) is 11.6 Å². The molecule has 1 heterocycles. The fourth-order valence-electron chi connectivity index (χ4n) is 9.22. The average Bonchev–Trinajstić information content (AvgIpc) is 3.28. The quantitative estimate of drug-likeness (QED) is 0.343. The third kappa shape index (κ3) is 4.94. The first-order valence-corrected chi connectivity index (χ1v) is 15.5. The van der Waals surface area contributed by atoms with Gasteiger partial charge < -0.3 is 9.64 Å². The Labute approximate surface area is 246 Å². The second-order valence-corrected chi connectivity index (χ2v) is 13.2. The van der Waals surface area contributed by atoms with Crippen molar-refractivity contribution in [2.75, 3.05) is 31.7 Å². The van der Waals surface area contributed by atoms with Gasteiger partial charge in [-0.1, -0.05) is 30.6 Å². The van der Waals surface area contributed by atoms with E-state index in [9.17, 15) is 22.8 Å². The molecule has 1 aliphatic heterocycles. The summed E-state index contributed by atoms with van der Waals surface area (Å²) >= 11 is 0. The van der Waals surface area contributed by atoms with Crippen LogP contribution in [-0.2, 0) is 14.3 Å². The first kappa shape index (κ1) is 29.2. The number of ether oxygens (including phenoxy) is 1. The van der Waals surface area contributed by atoms with E-state index in [2.05, 4.69) is 35.1 Å². The number of fused-ring (bicyclic) bond motifs is 4. The predicted molar refractivity (Wildman–Crippen MR) is 156 cm³/mol. The summed E-state index contributed by atoms with van der Waals surface area (Å²) in [6.07, 6.45) is 5.10. The summed E-state index contributed by atoms with van der Waals surface area (Å²) < 4.78 is 45.8. The van der Waals surface area contributed by atoms with Crippen LogP contribution in [-0.4, -0.2) is 44.5 Å². The van der Waals surface area contributed by atoms with Gasteiger partial charge in [-0.15, -0.1) is 0 Å². The van der Waals surface area contributed by atoms with Crippen molar-refractivity contribution in [2.24, 2.45) is 22.7 Å². The van der Waals surface area contributed by atoms with Crippen LogP contribution in [0.5, 0.6) is 0 Å². The van der Waals surface area contributed by atoms with E-state index in [-0.39, 0.29) is 35.9 Å². The predicted octanol–water partition coefficient (Wildman–Crippen LogP) is 7.34. The number of anilines is 1. The molecule has 1 aromatic carbocycles. The molecule has 5 atom stereocenters. The largest absolute Gasteiger partial charge is 0.457 e. The number of hydrogen-bond acceptors (Lipinski definition) is 4. The lowest BCUT2D eigenvalue weighted by Crippen LogP contribution is -2.51. The Hall–Kier alpha value is -2.85. The molecule has 2 saturated carbocycles. The molecule has 3 fully saturated rings. The molecule has 0 spiro atoms. The molecule has 0 aromatic heterocycles. The zero-order valence-corrected chi connectivity index (χ0v) is 24.6. The van der Waals surface area contributed by atoms with Crippen LogP contribution in [0, 0.1) is 34.5 Å². The summed E-state index contributed by atoms with van der Waals surface area (Å²) in [4.78, 5) is 28.6. The number of alkyl halides is 3. The maximum absolute atomic E-state index is 13.8. The van der Waals surface area contributed by atoms with Gasteiger partial charge in [0, 0.05) is 44.1 Å². The second kappa shape index (κ2) is 11.0. The number of Topliss-reactive ketones (excluding diaryl/α,β-unsaturated/α-hetero) is 1. The molecule has 0 N–H and O–H groups in total. The Kier molecular flexibility index (Phi) is 7.66.